The Kier molecular flexibility index (Phi) is 7.42. The molecule has 1 N–H and O–H groups in total. The number of carbonyl (C=O) groups excluding carboxylic acids is 1. The van der Waals surface area contributed by atoms with Gasteiger partial charge < -0.3 is 0 Å². The number of anilines is 1. The molecule has 3 fully saturated rings. The molecule has 0 spiro atoms. The second-order valence-corrected chi connectivity index (χ2v) is 17.1. The van der Waals surface area contributed by atoms with E-state index < -0.39 is 48.2 Å². The number of aromatic nitrogens is 4. The van der Waals surface area contributed by atoms with Crippen molar-refractivity contribution >= 4 is 42.0 Å². The predicted molar refractivity (Wildman–Crippen MR) is 157 cm³/mol. The first-order valence-corrected chi connectivity index (χ1v) is 17.7. The van der Waals surface area contributed by atoms with E-state index in [9.17, 15) is 22.0 Å². The van der Waals surface area contributed by atoms with E-state index in [4.69, 9.17) is 9.72 Å². The van der Waals surface area contributed by atoms with E-state index in [1.165, 1.54) is 6.20 Å². The van der Waals surface area contributed by atoms with E-state index in [-0.39, 0.29) is 27.5 Å². The molecule has 11 nitrogen and oxygen atoms in total. The molecule has 0 aromatic carbocycles. The molecule has 0 radical (unpaired) electrons. The number of nitrogens with one attached hydrogen (secondary N) is 1. The van der Waals surface area contributed by atoms with E-state index in [1.54, 1.807) is 15.4 Å². The second-order valence-electron chi connectivity index (χ2n) is 13.3. The molecule has 3 aliphatic rings. The minimum absolute atomic E-state index is 0.0556. The number of halogens is 2. The summed E-state index contributed by atoms with van der Waals surface area (Å²) in [5.41, 5.74) is 1.28. The number of piperazine rings is 1. The van der Waals surface area contributed by atoms with Crippen LogP contribution in [-0.2, 0) is 14.8 Å². The van der Waals surface area contributed by atoms with Gasteiger partial charge in [-0.1, -0.05) is 0 Å². The van der Waals surface area contributed by atoms with Gasteiger partial charge in [-0.25, -0.2) is 0 Å². The van der Waals surface area contributed by atoms with E-state index in [1.807, 2.05) is 41.5 Å². The molecular formula is C28H37F2N7O4SSe. The molecule has 1 saturated heterocycles. The SMILES string of the molecule is C[C@H]1CN(c2cc(S(=O)(=O)NC3(C)CC3)cn3c(-c4nnc(C(F)F)[se]4)c(C4CC4)nc23)C[C@H](C)N1C(=O)OC(C)(C)C. The van der Waals surface area contributed by atoms with Gasteiger partial charge in [0.1, 0.15) is 0 Å². The van der Waals surface area contributed by atoms with Crippen LogP contribution in [0, 0.1) is 0 Å². The summed E-state index contributed by atoms with van der Waals surface area (Å²) in [6, 6.07) is 1.15. The fraction of sp³-hybridized carbons (Fsp3) is 0.643. The smallest absolute Gasteiger partial charge is 0.0253 e. The van der Waals surface area contributed by atoms with Crippen LogP contribution in [0.4, 0.5) is 19.3 Å². The molecular weight excluding hydrogens is 647 g/mol. The zero-order valence-corrected chi connectivity index (χ0v) is 27.6. The maximum absolute atomic E-state index is 13.7. The Balaban J connectivity index is 1.48. The summed E-state index contributed by atoms with van der Waals surface area (Å²) in [6.07, 6.45) is 1.74. The van der Waals surface area contributed by atoms with Crippen molar-refractivity contribution in [3.05, 3.63) is 22.5 Å². The molecule has 1 aliphatic heterocycles. The van der Waals surface area contributed by atoms with Crippen molar-refractivity contribution in [3.63, 3.8) is 0 Å². The molecule has 4 heterocycles. The molecule has 6 rings (SSSR count). The third kappa shape index (κ3) is 6.05. The van der Waals surface area contributed by atoms with Crippen molar-refractivity contribution in [3.8, 4) is 10.3 Å². The Morgan fingerprint density at radius 3 is 2.35 bits per heavy atom. The molecule has 15 heteroatoms. The van der Waals surface area contributed by atoms with Crippen LogP contribution < -0.4 is 9.62 Å². The number of alkyl halides is 2. The van der Waals surface area contributed by atoms with Crippen molar-refractivity contribution in [2.24, 2.45) is 0 Å². The van der Waals surface area contributed by atoms with Gasteiger partial charge in [0.2, 0.25) is 0 Å². The molecule has 3 aromatic heterocycles. The van der Waals surface area contributed by atoms with Gasteiger partial charge in [-0.2, -0.15) is 0 Å². The third-order valence-electron chi connectivity index (χ3n) is 8.05. The molecule has 0 unspecified atom stereocenters. The number of hydrogen-bond acceptors (Lipinski definition) is 8. The zero-order valence-electron chi connectivity index (χ0n) is 25.1. The number of amides is 1. The molecule has 2 atom stereocenters. The van der Waals surface area contributed by atoms with Crippen LogP contribution in [0.15, 0.2) is 17.2 Å². The number of pyridine rings is 1. The van der Waals surface area contributed by atoms with E-state index in [0.717, 1.165) is 31.4 Å². The van der Waals surface area contributed by atoms with E-state index in [2.05, 4.69) is 19.8 Å². The van der Waals surface area contributed by atoms with Crippen molar-refractivity contribution in [1.82, 2.24) is 29.2 Å². The normalized spacial score (nSPS) is 22.4. The summed E-state index contributed by atoms with van der Waals surface area (Å²) in [5, 5.41) is 7.90. The van der Waals surface area contributed by atoms with Gasteiger partial charge in [0.25, 0.3) is 0 Å². The molecule has 2 saturated carbocycles. The van der Waals surface area contributed by atoms with Gasteiger partial charge in [0.15, 0.2) is 0 Å². The Morgan fingerprint density at radius 2 is 1.81 bits per heavy atom. The van der Waals surface area contributed by atoms with Gasteiger partial charge in [-0.05, 0) is 20.8 Å². The van der Waals surface area contributed by atoms with Crippen LogP contribution in [-0.4, -0.2) is 89.8 Å². The number of hydrogen-bond donors (Lipinski definition) is 1. The summed E-state index contributed by atoms with van der Waals surface area (Å²) in [4.78, 5) is 21.9. The Labute approximate surface area is 255 Å². The van der Waals surface area contributed by atoms with Crippen molar-refractivity contribution in [2.45, 2.75) is 108 Å². The number of imidazole rings is 1. The minimum atomic E-state index is -3.93. The van der Waals surface area contributed by atoms with Crippen LogP contribution >= 0.6 is 0 Å². The first-order chi connectivity index (χ1) is 20.1. The molecule has 0 bridgehead atoms. The van der Waals surface area contributed by atoms with Crippen molar-refractivity contribution < 1.29 is 26.7 Å². The molecule has 1 amide bonds. The summed E-state index contributed by atoms with van der Waals surface area (Å²) >= 11 is -0.815. The summed E-state index contributed by atoms with van der Waals surface area (Å²) < 4.78 is 64.9. The summed E-state index contributed by atoms with van der Waals surface area (Å²) in [7, 11) is -3.93. The fourth-order valence-electron chi connectivity index (χ4n) is 5.64. The first-order valence-electron chi connectivity index (χ1n) is 14.5. The number of rotatable bonds is 7. The Bertz CT molecular complexity index is 1670. The quantitative estimate of drug-likeness (QED) is 0.366. The van der Waals surface area contributed by atoms with Crippen LogP contribution in [0.3, 0.4) is 0 Å². The maximum atomic E-state index is 13.7. The number of fused-ring (bicyclic) bond motifs is 1. The van der Waals surface area contributed by atoms with Crippen LogP contribution in [0.25, 0.3) is 15.9 Å². The van der Waals surface area contributed by atoms with Gasteiger partial charge in [-0.3, -0.25) is 0 Å². The van der Waals surface area contributed by atoms with Crippen molar-refractivity contribution in [2.75, 3.05) is 18.0 Å². The number of sulfonamides is 1. The summed E-state index contributed by atoms with van der Waals surface area (Å²) in [5.74, 6) is 0.141. The zero-order chi connectivity index (χ0) is 31.1. The van der Waals surface area contributed by atoms with Gasteiger partial charge >= 0.3 is 236 Å². The molecule has 43 heavy (non-hydrogen) atoms. The van der Waals surface area contributed by atoms with E-state index in [0.29, 0.717) is 34.7 Å². The monoisotopic (exact) mass is 685 g/mol. The summed E-state index contributed by atoms with van der Waals surface area (Å²) in [6.45, 7) is 12.1. The standard InChI is InChI=1S/C28H37F2N7O4SSe/c1-15-12-35(13-16(2)37(15)26(38)41-27(3,4)5)19-11-18(42(39,40)34-28(6)9-10-28)14-36-21(20(17-7-8-17)31-23(19)36)24-32-33-25(43-24)22(29)30/h11,14-17,22,34H,7-10,12-13H2,1-6H3/t15-,16-/m0/s1. The van der Waals surface area contributed by atoms with Crippen molar-refractivity contribution in [1.29, 1.82) is 0 Å². The Hall–Kier alpha value is -2.61. The second kappa shape index (κ2) is 10.5. The van der Waals surface area contributed by atoms with E-state index >= 15 is 0 Å². The van der Waals surface area contributed by atoms with Crippen LogP contribution in [0.1, 0.15) is 89.8 Å². The molecule has 3 aromatic rings. The topological polar surface area (TPSA) is 122 Å². The minimum Gasteiger partial charge on any atom is -0.0253 e. The fourth-order valence-corrected chi connectivity index (χ4v) is 8.69. The van der Waals surface area contributed by atoms with Gasteiger partial charge in [0, 0.05) is 0 Å². The van der Waals surface area contributed by atoms with Gasteiger partial charge in [-0.15, -0.1) is 0 Å². The number of nitrogens with zero attached hydrogens (tertiary/aromatic N) is 6. The molecule has 234 valence electrons. The average Bonchev–Trinajstić information content (AvgIpc) is 3.76. The average molecular weight is 685 g/mol. The third-order valence-corrected chi connectivity index (χ3v) is 11.6. The predicted octanol–water partition coefficient (Wildman–Crippen LogP) is 4.33. The Morgan fingerprint density at radius 1 is 1.16 bits per heavy atom. The first kappa shape index (κ1) is 30.4. The number of ether oxygens (including phenoxy) is 1. The van der Waals surface area contributed by atoms with Crippen LogP contribution in [0.2, 0.25) is 0 Å². The van der Waals surface area contributed by atoms with Crippen LogP contribution in [0.5, 0.6) is 0 Å². The van der Waals surface area contributed by atoms with Gasteiger partial charge in [0.05, 0.1) is 0 Å². The number of carbonyl (C=O) groups is 1. The molecule has 2 aliphatic carbocycles.